The van der Waals surface area contributed by atoms with Gasteiger partial charge in [-0.2, -0.15) is 5.26 Å². The molecule has 0 unspecified atom stereocenters. The van der Waals surface area contributed by atoms with Gasteiger partial charge in [-0.25, -0.2) is 9.78 Å². The predicted octanol–water partition coefficient (Wildman–Crippen LogP) is 3.74. The first kappa shape index (κ1) is 19.8. The van der Waals surface area contributed by atoms with Crippen LogP contribution in [0.15, 0.2) is 29.3 Å². The Morgan fingerprint density at radius 3 is 2.69 bits per heavy atom. The second-order valence-electron chi connectivity index (χ2n) is 5.30. The number of ether oxygens (including phenoxy) is 1. The van der Waals surface area contributed by atoms with Gasteiger partial charge in [-0.3, -0.25) is 4.79 Å². The average molecular weight is 390 g/mol. The van der Waals surface area contributed by atoms with Crippen LogP contribution >= 0.6 is 23.4 Å². The number of para-hydroxylation sites is 1. The van der Waals surface area contributed by atoms with Crippen molar-refractivity contribution in [1.82, 2.24) is 4.98 Å². The number of amides is 1. The fraction of sp³-hybridized carbons (Fsp3) is 0.222. The monoisotopic (exact) mass is 389 g/mol. The lowest BCUT2D eigenvalue weighted by molar-refractivity contribution is -0.113. The van der Waals surface area contributed by atoms with E-state index >= 15 is 0 Å². The molecule has 8 heteroatoms. The van der Waals surface area contributed by atoms with E-state index in [1.807, 2.05) is 0 Å². The van der Waals surface area contributed by atoms with E-state index in [0.29, 0.717) is 32.6 Å². The molecule has 6 nitrogen and oxygen atoms in total. The highest BCUT2D eigenvalue weighted by Gasteiger charge is 2.17. The van der Waals surface area contributed by atoms with E-state index in [4.69, 9.17) is 16.3 Å². The Bertz CT molecular complexity index is 909. The first-order valence-electron chi connectivity index (χ1n) is 7.55. The van der Waals surface area contributed by atoms with Crippen molar-refractivity contribution in [3.8, 4) is 6.07 Å². The lowest BCUT2D eigenvalue weighted by atomic mass is 10.1. The van der Waals surface area contributed by atoms with Crippen LogP contribution in [0.1, 0.15) is 27.2 Å². The Morgan fingerprint density at radius 1 is 1.35 bits per heavy atom. The van der Waals surface area contributed by atoms with Gasteiger partial charge in [-0.15, -0.1) is 0 Å². The third kappa shape index (κ3) is 4.34. The van der Waals surface area contributed by atoms with Gasteiger partial charge < -0.3 is 10.1 Å². The van der Waals surface area contributed by atoms with Gasteiger partial charge in [0.15, 0.2) is 0 Å². The van der Waals surface area contributed by atoms with Crippen molar-refractivity contribution < 1.29 is 14.3 Å². The zero-order valence-corrected chi connectivity index (χ0v) is 16.0. The van der Waals surface area contributed by atoms with Crippen LogP contribution in [0, 0.1) is 25.2 Å². The van der Waals surface area contributed by atoms with Gasteiger partial charge in [0, 0.05) is 0 Å². The first-order valence-corrected chi connectivity index (χ1v) is 8.92. The maximum Gasteiger partial charge on any atom is 0.339 e. The highest BCUT2D eigenvalue weighted by molar-refractivity contribution is 8.00. The van der Waals surface area contributed by atoms with Gasteiger partial charge in [0.05, 0.1) is 40.4 Å². The topological polar surface area (TPSA) is 92.1 Å². The quantitative estimate of drug-likeness (QED) is 0.618. The number of hydrogen-bond donors (Lipinski definition) is 1. The molecule has 0 aliphatic rings. The largest absolute Gasteiger partial charge is 0.465 e. The number of hydrogen-bond acceptors (Lipinski definition) is 6. The molecule has 2 aromatic rings. The van der Waals surface area contributed by atoms with Crippen LogP contribution in [0.25, 0.3) is 0 Å². The van der Waals surface area contributed by atoms with Crippen molar-refractivity contribution in [2.24, 2.45) is 0 Å². The average Bonchev–Trinajstić information content (AvgIpc) is 2.64. The molecule has 1 aromatic carbocycles. The summed E-state index contributed by atoms with van der Waals surface area (Å²) in [5.74, 6) is -0.842. The normalized spacial score (nSPS) is 10.1. The van der Waals surface area contributed by atoms with Crippen LogP contribution < -0.4 is 5.32 Å². The molecule has 1 N–H and O–H groups in total. The number of rotatable bonds is 5. The molecule has 134 valence electrons. The Kier molecular flexibility index (Phi) is 6.61. The molecule has 26 heavy (non-hydrogen) atoms. The summed E-state index contributed by atoms with van der Waals surface area (Å²) < 4.78 is 4.70. The van der Waals surface area contributed by atoms with E-state index < -0.39 is 5.97 Å². The Labute approximate surface area is 160 Å². The van der Waals surface area contributed by atoms with Crippen LogP contribution in [0.5, 0.6) is 0 Å². The first-order chi connectivity index (χ1) is 12.4. The van der Waals surface area contributed by atoms with Crippen molar-refractivity contribution in [2.75, 3.05) is 18.2 Å². The number of nitriles is 1. The van der Waals surface area contributed by atoms with Gasteiger partial charge in [0.25, 0.3) is 0 Å². The summed E-state index contributed by atoms with van der Waals surface area (Å²) >= 11 is 7.25. The van der Waals surface area contributed by atoms with E-state index in [2.05, 4.69) is 16.4 Å². The summed E-state index contributed by atoms with van der Waals surface area (Å²) in [6, 6.07) is 8.64. The SMILES string of the molecule is COC(=O)c1ccccc1NC(=O)CSc1nc(C)c(Cl)c(C)c1C#N. The molecule has 0 aliphatic heterocycles. The number of carbonyl (C=O) groups excluding carboxylic acids is 2. The maximum atomic E-state index is 12.3. The fourth-order valence-electron chi connectivity index (χ4n) is 2.24. The van der Waals surface area contributed by atoms with E-state index in [1.54, 1.807) is 38.1 Å². The highest BCUT2D eigenvalue weighted by Crippen LogP contribution is 2.29. The Hall–Kier alpha value is -2.56. The zero-order chi connectivity index (χ0) is 19.3. The fourth-order valence-corrected chi connectivity index (χ4v) is 3.26. The lowest BCUT2D eigenvalue weighted by Gasteiger charge is -2.11. The Balaban J connectivity index is 2.14. The number of aromatic nitrogens is 1. The summed E-state index contributed by atoms with van der Waals surface area (Å²) in [5.41, 5.74) is 2.22. The zero-order valence-electron chi connectivity index (χ0n) is 14.4. The molecule has 0 spiro atoms. The molecule has 0 fully saturated rings. The van der Waals surface area contributed by atoms with Crippen LogP contribution in [0.3, 0.4) is 0 Å². The van der Waals surface area contributed by atoms with Crippen LogP contribution in [0.4, 0.5) is 5.69 Å². The van der Waals surface area contributed by atoms with Crippen molar-refractivity contribution in [3.63, 3.8) is 0 Å². The Morgan fingerprint density at radius 2 is 2.04 bits per heavy atom. The molecule has 1 heterocycles. The molecule has 0 radical (unpaired) electrons. The maximum absolute atomic E-state index is 12.3. The number of thioether (sulfide) groups is 1. The number of nitrogens with one attached hydrogen (secondary N) is 1. The number of aryl methyl sites for hydroxylation is 1. The molecule has 1 aromatic heterocycles. The van der Waals surface area contributed by atoms with Gasteiger partial charge in [0.1, 0.15) is 11.1 Å². The molecule has 0 saturated heterocycles. The van der Waals surface area contributed by atoms with E-state index in [-0.39, 0.29) is 17.2 Å². The highest BCUT2D eigenvalue weighted by atomic mass is 35.5. The minimum absolute atomic E-state index is 0.0255. The van der Waals surface area contributed by atoms with E-state index in [9.17, 15) is 14.9 Å². The van der Waals surface area contributed by atoms with Gasteiger partial charge >= 0.3 is 5.97 Å². The molecular weight excluding hydrogens is 374 g/mol. The standard InChI is InChI=1S/C18H16ClN3O3S/c1-10-13(8-20)17(21-11(2)16(10)19)26-9-15(23)22-14-7-5-4-6-12(14)18(24)25-3/h4-7H,9H2,1-3H3,(H,22,23). The number of carbonyl (C=O) groups is 2. The van der Waals surface area contributed by atoms with Crippen LogP contribution in [0.2, 0.25) is 5.02 Å². The minimum Gasteiger partial charge on any atom is -0.465 e. The number of nitrogens with zero attached hydrogens (tertiary/aromatic N) is 2. The van der Waals surface area contributed by atoms with Crippen molar-refractivity contribution >= 4 is 40.9 Å². The van der Waals surface area contributed by atoms with Gasteiger partial charge in [0.2, 0.25) is 5.91 Å². The molecule has 0 saturated carbocycles. The van der Waals surface area contributed by atoms with Crippen LogP contribution in [-0.4, -0.2) is 29.7 Å². The molecule has 2 rings (SSSR count). The number of esters is 1. The van der Waals surface area contributed by atoms with Gasteiger partial charge in [-0.1, -0.05) is 35.5 Å². The molecule has 0 bridgehead atoms. The third-order valence-corrected chi connectivity index (χ3v) is 5.10. The summed E-state index contributed by atoms with van der Waals surface area (Å²) in [6.45, 7) is 3.49. The van der Waals surface area contributed by atoms with Crippen LogP contribution in [-0.2, 0) is 9.53 Å². The lowest BCUT2D eigenvalue weighted by Crippen LogP contribution is -2.17. The van der Waals surface area contributed by atoms with Crippen molar-refractivity contribution in [3.05, 3.63) is 51.7 Å². The summed E-state index contributed by atoms with van der Waals surface area (Å²) in [5, 5.41) is 12.9. The number of halogens is 1. The second-order valence-corrected chi connectivity index (χ2v) is 6.64. The number of pyridine rings is 1. The summed E-state index contributed by atoms with van der Waals surface area (Å²) in [6.07, 6.45) is 0. The smallest absolute Gasteiger partial charge is 0.339 e. The number of benzene rings is 1. The number of anilines is 1. The molecule has 1 amide bonds. The van der Waals surface area contributed by atoms with Crippen molar-refractivity contribution in [2.45, 2.75) is 18.9 Å². The second kappa shape index (κ2) is 8.70. The van der Waals surface area contributed by atoms with Crippen molar-refractivity contribution in [1.29, 1.82) is 5.26 Å². The minimum atomic E-state index is -0.536. The summed E-state index contributed by atoms with van der Waals surface area (Å²) in [7, 11) is 1.27. The van der Waals surface area contributed by atoms with E-state index in [1.165, 1.54) is 7.11 Å². The molecule has 0 atom stereocenters. The number of methoxy groups -OCH3 is 1. The molecular formula is C18H16ClN3O3S. The predicted molar refractivity (Wildman–Crippen MR) is 101 cm³/mol. The third-order valence-electron chi connectivity index (χ3n) is 3.56. The molecule has 0 aliphatic carbocycles. The summed E-state index contributed by atoms with van der Waals surface area (Å²) in [4.78, 5) is 28.3. The van der Waals surface area contributed by atoms with Gasteiger partial charge in [-0.05, 0) is 31.5 Å². The van der Waals surface area contributed by atoms with E-state index in [0.717, 1.165) is 11.8 Å².